The van der Waals surface area contributed by atoms with Crippen molar-refractivity contribution in [3.63, 3.8) is 0 Å². The van der Waals surface area contributed by atoms with Gasteiger partial charge in [-0.1, -0.05) is 0 Å². The third-order valence-electron chi connectivity index (χ3n) is 3.59. The van der Waals surface area contributed by atoms with Gasteiger partial charge in [0, 0.05) is 24.2 Å². The number of hydrogen-bond acceptors (Lipinski definition) is 3. The van der Waals surface area contributed by atoms with Gasteiger partial charge < -0.3 is 15.3 Å². The van der Waals surface area contributed by atoms with Crippen molar-refractivity contribution in [2.24, 2.45) is 0 Å². The predicted octanol–water partition coefficient (Wildman–Crippen LogP) is 1.61. The molecule has 0 aromatic heterocycles. The Balaban J connectivity index is 1.98. The van der Waals surface area contributed by atoms with E-state index < -0.39 is 0 Å². The van der Waals surface area contributed by atoms with Crippen LogP contribution < -0.4 is 5.32 Å². The Kier molecular flexibility index (Phi) is 1.89. The molecule has 2 heterocycles. The minimum absolute atomic E-state index is 0.379. The second kappa shape index (κ2) is 3.14. The van der Waals surface area contributed by atoms with E-state index in [1.54, 1.807) is 6.07 Å². The summed E-state index contributed by atoms with van der Waals surface area (Å²) >= 11 is 0. The highest BCUT2D eigenvalue weighted by atomic mass is 16.3. The van der Waals surface area contributed by atoms with Gasteiger partial charge >= 0.3 is 0 Å². The van der Waals surface area contributed by atoms with Crippen LogP contribution in [0.3, 0.4) is 0 Å². The smallest absolute Gasteiger partial charge is 0.116 e. The van der Waals surface area contributed by atoms with Gasteiger partial charge in [-0.15, -0.1) is 0 Å². The third-order valence-corrected chi connectivity index (χ3v) is 3.59. The molecule has 3 rings (SSSR count). The number of piperidine rings is 1. The van der Waals surface area contributed by atoms with Crippen LogP contribution in [0, 0.1) is 0 Å². The number of phenolic OH excluding ortho intramolecular Hbond substituents is 1. The molecule has 1 fully saturated rings. The summed E-state index contributed by atoms with van der Waals surface area (Å²) < 4.78 is 0. The van der Waals surface area contributed by atoms with E-state index in [1.807, 2.05) is 12.1 Å². The first-order valence-corrected chi connectivity index (χ1v) is 5.52. The topological polar surface area (TPSA) is 35.5 Å². The molecule has 0 bridgehead atoms. The summed E-state index contributed by atoms with van der Waals surface area (Å²) in [5.41, 5.74) is 2.49. The standard InChI is InChI=1S/C12H16N2O/c1-14-5-4-12-10(7-14)9-6-8(15)2-3-11(9)13-12/h2-3,6,10,12-13,15H,4-5,7H2,1H3. The molecule has 15 heavy (non-hydrogen) atoms. The van der Waals surface area contributed by atoms with Crippen molar-refractivity contribution >= 4 is 5.69 Å². The number of fused-ring (bicyclic) bond motifs is 3. The molecule has 2 atom stereocenters. The van der Waals surface area contributed by atoms with Crippen LogP contribution in [0.1, 0.15) is 17.9 Å². The van der Waals surface area contributed by atoms with E-state index in [0.29, 0.717) is 17.7 Å². The fourth-order valence-corrected chi connectivity index (χ4v) is 2.79. The van der Waals surface area contributed by atoms with Gasteiger partial charge in [-0.05, 0) is 43.8 Å². The number of nitrogens with one attached hydrogen (secondary N) is 1. The van der Waals surface area contributed by atoms with Crippen LogP contribution in [0.5, 0.6) is 5.75 Å². The predicted molar refractivity (Wildman–Crippen MR) is 60.4 cm³/mol. The second-order valence-electron chi connectivity index (χ2n) is 4.68. The van der Waals surface area contributed by atoms with Gasteiger partial charge in [0.1, 0.15) is 5.75 Å². The number of anilines is 1. The summed E-state index contributed by atoms with van der Waals surface area (Å²) in [6.45, 7) is 2.25. The summed E-state index contributed by atoms with van der Waals surface area (Å²) in [7, 11) is 2.16. The summed E-state index contributed by atoms with van der Waals surface area (Å²) in [4.78, 5) is 2.36. The number of phenols is 1. The Hall–Kier alpha value is -1.22. The number of rotatable bonds is 0. The highest BCUT2D eigenvalue weighted by Gasteiger charge is 2.35. The van der Waals surface area contributed by atoms with Crippen LogP contribution in [0.25, 0.3) is 0 Å². The van der Waals surface area contributed by atoms with E-state index in [-0.39, 0.29) is 0 Å². The number of aromatic hydroxyl groups is 1. The van der Waals surface area contributed by atoms with E-state index in [2.05, 4.69) is 17.3 Å². The first-order chi connectivity index (χ1) is 7.24. The Bertz CT molecular complexity index is 391. The quantitative estimate of drug-likeness (QED) is 0.630. The fraction of sp³-hybridized carbons (Fsp3) is 0.500. The van der Waals surface area contributed by atoms with Crippen LogP contribution >= 0.6 is 0 Å². The van der Waals surface area contributed by atoms with Gasteiger partial charge in [-0.25, -0.2) is 0 Å². The van der Waals surface area contributed by atoms with Crippen molar-refractivity contribution in [1.82, 2.24) is 4.90 Å². The second-order valence-corrected chi connectivity index (χ2v) is 4.68. The third kappa shape index (κ3) is 1.38. The van der Waals surface area contributed by atoms with Crippen LogP contribution in [0.15, 0.2) is 18.2 Å². The molecule has 0 saturated carbocycles. The van der Waals surface area contributed by atoms with Gasteiger partial charge in [-0.2, -0.15) is 0 Å². The zero-order valence-corrected chi connectivity index (χ0v) is 8.90. The Morgan fingerprint density at radius 3 is 3.20 bits per heavy atom. The molecule has 1 aromatic carbocycles. The molecule has 2 aliphatic rings. The molecule has 3 heteroatoms. The highest BCUT2D eigenvalue weighted by Crippen LogP contribution is 2.41. The Morgan fingerprint density at radius 1 is 1.47 bits per heavy atom. The molecule has 2 N–H and O–H groups in total. The molecule has 0 aliphatic carbocycles. The summed E-state index contributed by atoms with van der Waals surface area (Å²) in [5.74, 6) is 0.926. The number of benzene rings is 1. The maximum absolute atomic E-state index is 9.51. The van der Waals surface area contributed by atoms with Crippen molar-refractivity contribution in [1.29, 1.82) is 0 Å². The lowest BCUT2D eigenvalue weighted by Crippen LogP contribution is -2.39. The van der Waals surface area contributed by atoms with Crippen LogP contribution in [-0.2, 0) is 0 Å². The molecule has 80 valence electrons. The van der Waals surface area contributed by atoms with Crippen LogP contribution in [0.4, 0.5) is 5.69 Å². The summed E-state index contributed by atoms with van der Waals surface area (Å²) in [5, 5.41) is 13.1. The normalized spacial score (nSPS) is 29.4. The molecular formula is C12H16N2O. The van der Waals surface area contributed by atoms with Crippen molar-refractivity contribution in [2.75, 3.05) is 25.5 Å². The molecule has 2 unspecified atom stereocenters. The first kappa shape index (κ1) is 9.04. The highest BCUT2D eigenvalue weighted by molar-refractivity contribution is 5.61. The Labute approximate surface area is 89.7 Å². The molecular weight excluding hydrogens is 188 g/mol. The van der Waals surface area contributed by atoms with Crippen molar-refractivity contribution in [2.45, 2.75) is 18.4 Å². The monoisotopic (exact) mass is 204 g/mol. The molecule has 0 spiro atoms. The zero-order valence-electron chi connectivity index (χ0n) is 8.90. The van der Waals surface area contributed by atoms with Gasteiger partial charge in [0.2, 0.25) is 0 Å². The van der Waals surface area contributed by atoms with Gasteiger partial charge in [0.15, 0.2) is 0 Å². The Morgan fingerprint density at radius 2 is 2.33 bits per heavy atom. The average Bonchev–Trinajstić information content (AvgIpc) is 2.56. The molecule has 3 nitrogen and oxygen atoms in total. The molecule has 2 aliphatic heterocycles. The van der Waals surface area contributed by atoms with Gasteiger partial charge in [-0.3, -0.25) is 0 Å². The largest absolute Gasteiger partial charge is 0.508 e. The summed E-state index contributed by atoms with van der Waals surface area (Å²) in [6.07, 6.45) is 1.19. The summed E-state index contributed by atoms with van der Waals surface area (Å²) in [6, 6.07) is 6.22. The molecule has 1 saturated heterocycles. The van der Waals surface area contributed by atoms with E-state index in [4.69, 9.17) is 0 Å². The molecule has 0 amide bonds. The minimum Gasteiger partial charge on any atom is -0.508 e. The van der Waals surface area contributed by atoms with E-state index in [1.165, 1.54) is 17.7 Å². The lowest BCUT2D eigenvalue weighted by molar-refractivity contribution is 0.243. The lowest BCUT2D eigenvalue weighted by Gasteiger charge is -2.32. The van der Waals surface area contributed by atoms with Gasteiger partial charge in [0.25, 0.3) is 0 Å². The van der Waals surface area contributed by atoms with Crippen LogP contribution in [0.2, 0.25) is 0 Å². The van der Waals surface area contributed by atoms with Crippen molar-refractivity contribution in [3.05, 3.63) is 23.8 Å². The van der Waals surface area contributed by atoms with Crippen LogP contribution in [-0.4, -0.2) is 36.2 Å². The fourth-order valence-electron chi connectivity index (χ4n) is 2.79. The number of likely N-dealkylation sites (tertiary alicyclic amines) is 1. The first-order valence-electron chi connectivity index (χ1n) is 5.52. The minimum atomic E-state index is 0.379. The lowest BCUT2D eigenvalue weighted by atomic mass is 9.89. The van der Waals surface area contributed by atoms with Crippen molar-refractivity contribution < 1.29 is 5.11 Å². The van der Waals surface area contributed by atoms with E-state index in [9.17, 15) is 5.11 Å². The van der Waals surface area contributed by atoms with Gasteiger partial charge in [0.05, 0.1) is 0 Å². The maximum atomic E-state index is 9.51. The molecule has 1 aromatic rings. The number of hydrogen-bond donors (Lipinski definition) is 2. The zero-order chi connectivity index (χ0) is 10.4. The number of nitrogens with zero attached hydrogens (tertiary/aromatic N) is 1. The van der Waals surface area contributed by atoms with E-state index in [0.717, 1.165) is 13.1 Å². The number of likely N-dealkylation sites (N-methyl/N-ethyl adjacent to an activating group) is 1. The molecule has 0 radical (unpaired) electrons. The average molecular weight is 204 g/mol. The SMILES string of the molecule is CN1CCC2Nc3ccc(O)cc3C2C1. The maximum Gasteiger partial charge on any atom is 0.116 e. The van der Waals surface area contributed by atoms with Crippen molar-refractivity contribution in [3.8, 4) is 5.75 Å². The van der Waals surface area contributed by atoms with E-state index >= 15 is 0 Å².